The van der Waals surface area contributed by atoms with E-state index in [1.807, 2.05) is 29.2 Å². The van der Waals surface area contributed by atoms with Crippen molar-refractivity contribution in [2.75, 3.05) is 38.2 Å². The highest BCUT2D eigenvalue weighted by atomic mass is 35.5. The maximum atomic E-state index is 13.5. The highest BCUT2D eigenvalue weighted by Gasteiger charge is 2.36. The fourth-order valence-corrected chi connectivity index (χ4v) is 4.58. The molecule has 3 aromatic heterocycles. The molecule has 0 aliphatic carbocycles. The number of imidazole rings is 1. The molecule has 1 aromatic carbocycles. The Hall–Kier alpha value is -4.51. The van der Waals surface area contributed by atoms with Gasteiger partial charge in [0.25, 0.3) is 5.91 Å². The lowest BCUT2D eigenvalue weighted by Gasteiger charge is -2.41. The minimum Gasteiger partial charge on any atom is -0.497 e. The summed E-state index contributed by atoms with van der Waals surface area (Å²) in [7, 11) is 1.62. The van der Waals surface area contributed by atoms with Crippen LogP contribution in [0.1, 0.15) is 15.9 Å². The smallest absolute Gasteiger partial charge is 0.256 e. The first kappa shape index (κ1) is 26.1. The number of halogens is 1. The molecule has 39 heavy (non-hydrogen) atoms. The predicted octanol–water partition coefficient (Wildman–Crippen LogP) is 2.41. The molecule has 1 atom stereocenters. The lowest BCUT2D eigenvalue weighted by atomic mass is 10.1. The van der Waals surface area contributed by atoms with Gasteiger partial charge in [0.2, 0.25) is 11.9 Å². The van der Waals surface area contributed by atoms with Crippen LogP contribution in [0, 0.1) is 0 Å². The number of benzene rings is 1. The fraction of sp³-hybridized carbons (Fsp3) is 0.259. The van der Waals surface area contributed by atoms with Crippen molar-refractivity contribution in [1.82, 2.24) is 34.7 Å². The zero-order valence-electron chi connectivity index (χ0n) is 21.3. The van der Waals surface area contributed by atoms with Gasteiger partial charge < -0.3 is 19.9 Å². The quantitative estimate of drug-likeness (QED) is 0.335. The Labute approximate surface area is 230 Å². The molecule has 4 heterocycles. The number of amides is 2. The summed E-state index contributed by atoms with van der Waals surface area (Å²) in [6.45, 7) is 1.42. The number of carbonyl (C=O) groups excluding carboxylic acids is 2. The molecule has 11 nitrogen and oxygen atoms in total. The number of pyridine rings is 1. The Morgan fingerprint density at radius 2 is 1.95 bits per heavy atom. The lowest BCUT2D eigenvalue weighted by molar-refractivity contribution is -0.125. The first-order valence-corrected chi connectivity index (χ1v) is 12.8. The highest BCUT2D eigenvalue weighted by molar-refractivity contribution is 6.29. The molecule has 1 fully saturated rings. The van der Waals surface area contributed by atoms with Crippen molar-refractivity contribution in [2.45, 2.75) is 12.5 Å². The summed E-state index contributed by atoms with van der Waals surface area (Å²) < 4.78 is 6.86. The van der Waals surface area contributed by atoms with Gasteiger partial charge in [-0.15, -0.1) is 0 Å². The van der Waals surface area contributed by atoms with E-state index in [0.29, 0.717) is 43.4 Å². The van der Waals surface area contributed by atoms with Crippen molar-refractivity contribution in [3.05, 3.63) is 89.9 Å². The first-order valence-electron chi connectivity index (χ1n) is 12.4. The standard InChI is InChI=1S/C27H27ClN8O3/c1-39-21-6-4-19(5-7-21)8-10-31-25(37)22-17-34(13-14-36(22)26(38)20-3-2-9-29-16-20)24-15-23(28)32-27(33-24)35-12-11-30-18-35/h2-7,9,11-12,15-16,18,22H,8,10,13-14,17H2,1H3,(H,31,37). The van der Waals surface area contributed by atoms with E-state index in [4.69, 9.17) is 16.3 Å². The monoisotopic (exact) mass is 546 g/mol. The molecule has 5 rings (SSSR count). The number of nitrogens with zero attached hydrogens (tertiary/aromatic N) is 7. The number of piperazine rings is 1. The Kier molecular flexibility index (Phi) is 7.97. The van der Waals surface area contributed by atoms with E-state index in [0.717, 1.165) is 11.3 Å². The summed E-state index contributed by atoms with van der Waals surface area (Å²) in [6.07, 6.45) is 8.68. The summed E-state index contributed by atoms with van der Waals surface area (Å²) in [5.74, 6) is 1.20. The zero-order chi connectivity index (χ0) is 27.2. The summed E-state index contributed by atoms with van der Waals surface area (Å²) in [6, 6.07) is 12.0. The van der Waals surface area contributed by atoms with Crippen LogP contribution in [-0.2, 0) is 11.2 Å². The lowest BCUT2D eigenvalue weighted by Crippen LogP contribution is -2.61. The molecule has 0 bridgehead atoms. The molecule has 1 aliphatic rings. The molecule has 12 heteroatoms. The molecular weight excluding hydrogens is 520 g/mol. The third kappa shape index (κ3) is 6.15. The number of nitrogens with one attached hydrogen (secondary N) is 1. The van der Waals surface area contributed by atoms with Gasteiger partial charge in [0, 0.05) is 57.0 Å². The molecule has 0 radical (unpaired) electrons. The molecule has 0 saturated carbocycles. The molecule has 1 aliphatic heterocycles. The van der Waals surface area contributed by atoms with Crippen molar-refractivity contribution < 1.29 is 14.3 Å². The number of anilines is 1. The number of aromatic nitrogens is 5. The van der Waals surface area contributed by atoms with Crippen LogP contribution in [-0.4, -0.2) is 80.5 Å². The average molecular weight is 547 g/mol. The van der Waals surface area contributed by atoms with Gasteiger partial charge in [0.1, 0.15) is 29.1 Å². The SMILES string of the molecule is COc1ccc(CCNC(=O)C2CN(c3cc(Cl)nc(-n4ccnc4)n3)CCN2C(=O)c2cccnc2)cc1. The predicted molar refractivity (Wildman–Crippen MR) is 145 cm³/mol. The van der Waals surface area contributed by atoms with E-state index in [1.165, 1.54) is 6.20 Å². The molecule has 0 spiro atoms. The largest absolute Gasteiger partial charge is 0.497 e. The molecule has 1 saturated heterocycles. The summed E-state index contributed by atoms with van der Waals surface area (Å²) >= 11 is 6.32. The Balaban J connectivity index is 1.34. The maximum Gasteiger partial charge on any atom is 0.256 e. The normalized spacial score (nSPS) is 15.2. The topological polar surface area (TPSA) is 118 Å². The molecule has 2 amide bonds. The van der Waals surface area contributed by atoms with E-state index in [9.17, 15) is 9.59 Å². The van der Waals surface area contributed by atoms with Gasteiger partial charge in [0.05, 0.1) is 12.7 Å². The van der Waals surface area contributed by atoms with Crippen LogP contribution in [0.25, 0.3) is 5.95 Å². The van der Waals surface area contributed by atoms with Crippen LogP contribution < -0.4 is 15.0 Å². The highest BCUT2D eigenvalue weighted by Crippen LogP contribution is 2.23. The van der Waals surface area contributed by atoms with Crippen LogP contribution in [0.4, 0.5) is 5.82 Å². The van der Waals surface area contributed by atoms with Gasteiger partial charge in [-0.05, 0) is 36.2 Å². The number of methoxy groups -OCH3 is 1. The molecule has 4 aromatic rings. The van der Waals surface area contributed by atoms with E-state index >= 15 is 0 Å². The third-order valence-electron chi connectivity index (χ3n) is 6.45. The second-order valence-corrected chi connectivity index (χ2v) is 9.30. The van der Waals surface area contributed by atoms with Crippen molar-refractivity contribution in [3.8, 4) is 11.7 Å². The number of carbonyl (C=O) groups is 2. The Morgan fingerprint density at radius 1 is 1.10 bits per heavy atom. The summed E-state index contributed by atoms with van der Waals surface area (Å²) in [4.78, 5) is 47.4. The van der Waals surface area contributed by atoms with Crippen molar-refractivity contribution in [1.29, 1.82) is 0 Å². The second kappa shape index (κ2) is 11.9. The van der Waals surface area contributed by atoms with Crippen molar-refractivity contribution in [3.63, 3.8) is 0 Å². The third-order valence-corrected chi connectivity index (χ3v) is 6.65. The van der Waals surface area contributed by atoms with Crippen LogP contribution in [0.5, 0.6) is 5.75 Å². The van der Waals surface area contributed by atoms with Gasteiger partial charge >= 0.3 is 0 Å². The van der Waals surface area contributed by atoms with Gasteiger partial charge in [-0.2, -0.15) is 4.98 Å². The summed E-state index contributed by atoms with van der Waals surface area (Å²) in [5.41, 5.74) is 1.49. The van der Waals surface area contributed by atoms with Crippen LogP contribution in [0.2, 0.25) is 5.15 Å². The van der Waals surface area contributed by atoms with Crippen LogP contribution >= 0.6 is 11.6 Å². The summed E-state index contributed by atoms with van der Waals surface area (Å²) in [5, 5.41) is 3.27. The van der Waals surface area contributed by atoms with E-state index in [-0.39, 0.29) is 23.5 Å². The van der Waals surface area contributed by atoms with Crippen molar-refractivity contribution >= 4 is 29.2 Å². The number of rotatable bonds is 8. The van der Waals surface area contributed by atoms with E-state index in [1.54, 1.807) is 59.7 Å². The zero-order valence-corrected chi connectivity index (χ0v) is 22.0. The van der Waals surface area contributed by atoms with Gasteiger partial charge in [-0.25, -0.2) is 9.97 Å². The van der Waals surface area contributed by atoms with Crippen LogP contribution in [0.3, 0.4) is 0 Å². The first-order chi connectivity index (χ1) is 19.0. The number of ether oxygens (including phenoxy) is 1. The number of hydrogen-bond acceptors (Lipinski definition) is 8. The molecule has 1 N–H and O–H groups in total. The minimum atomic E-state index is -0.757. The second-order valence-electron chi connectivity index (χ2n) is 8.91. The van der Waals surface area contributed by atoms with Gasteiger partial charge in [-0.3, -0.25) is 19.1 Å². The molecular formula is C27H27ClN8O3. The Morgan fingerprint density at radius 3 is 2.67 bits per heavy atom. The molecule has 200 valence electrons. The maximum absolute atomic E-state index is 13.5. The van der Waals surface area contributed by atoms with Gasteiger partial charge in [0.15, 0.2) is 0 Å². The van der Waals surface area contributed by atoms with Crippen LogP contribution in [0.15, 0.2) is 73.6 Å². The van der Waals surface area contributed by atoms with E-state index < -0.39 is 6.04 Å². The van der Waals surface area contributed by atoms with E-state index in [2.05, 4.69) is 25.3 Å². The van der Waals surface area contributed by atoms with Gasteiger partial charge in [-0.1, -0.05) is 23.7 Å². The average Bonchev–Trinajstić information content (AvgIpc) is 3.52. The fourth-order valence-electron chi connectivity index (χ4n) is 4.40. The molecule has 1 unspecified atom stereocenters. The minimum absolute atomic E-state index is 0.233. The Bertz CT molecular complexity index is 1420. The number of hydrogen-bond donors (Lipinski definition) is 1. The van der Waals surface area contributed by atoms with Crippen molar-refractivity contribution in [2.24, 2.45) is 0 Å².